The van der Waals surface area contributed by atoms with Crippen molar-refractivity contribution in [2.75, 3.05) is 18.6 Å². The number of thioether (sulfide) groups is 1. The van der Waals surface area contributed by atoms with Gasteiger partial charge in [-0.1, -0.05) is 24.3 Å². The molecule has 0 aliphatic carbocycles. The molecule has 7 heteroatoms. The quantitative estimate of drug-likeness (QED) is 0.463. The van der Waals surface area contributed by atoms with E-state index in [0.717, 1.165) is 5.56 Å². The zero-order valence-electron chi connectivity index (χ0n) is 14.4. The second-order valence-electron chi connectivity index (χ2n) is 5.70. The van der Waals surface area contributed by atoms with Crippen LogP contribution in [0.5, 0.6) is 0 Å². The second kappa shape index (κ2) is 8.64. The number of anilines is 1. The largest absolute Gasteiger partial charge is 0.319 e. The topological polar surface area (TPSA) is 75.5 Å². The first-order chi connectivity index (χ1) is 11.9. The number of nitrogens with zero attached hydrogens (tertiary/aromatic N) is 2. The van der Waals surface area contributed by atoms with Crippen LogP contribution in [0.1, 0.15) is 12.5 Å². The third-order valence-corrected chi connectivity index (χ3v) is 4.73. The van der Waals surface area contributed by atoms with Crippen molar-refractivity contribution in [3.8, 4) is 0 Å². The van der Waals surface area contributed by atoms with E-state index in [-0.39, 0.29) is 17.3 Å². The standard InChI is InChI=1S/C18H21N3O3S/c1-13(20(2)12-14-8-10-15(25-3)11-9-14)18(22)19-16-6-4-5-7-17(16)21(23)24/h4-11,13H,12H2,1-3H3,(H,19,22)/t13-/m1/s1. The first kappa shape index (κ1) is 19.0. The molecule has 0 aromatic heterocycles. The minimum atomic E-state index is -0.503. The molecule has 0 fully saturated rings. The molecule has 132 valence electrons. The molecule has 6 nitrogen and oxygen atoms in total. The van der Waals surface area contributed by atoms with Gasteiger partial charge < -0.3 is 5.32 Å². The van der Waals surface area contributed by atoms with Crippen molar-refractivity contribution in [2.24, 2.45) is 0 Å². The summed E-state index contributed by atoms with van der Waals surface area (Å²) in [6.45, 7) is 2.39. The highest BCUT2D eigenvalue weighted by molar-refractivity contribution is 7.98. The molecule has 0 aliphatic heterocycles. The van der Waals surface area contributed by atoms with Crippen LogP contribution < -0.4 is 5.32 Å². The number of rotatable bonds is 7. The molecule has 0 bridgehead atoms. The highest BCUT2D eigenvalue weighted by Crippen LogP contribution is 2.23. The molecule has 0 aliphatic rings. The molecule has 0 spiro atoms. The summed E-state index contributed by atoms with van der Waals surface area (Å²) in [5, 5.41) is 13.7. The van der Waals surface area contributed by atoms with Crippen LogP contribution in [0.3, 0.4) is 0 Å². The molecule has 2 aromatic carbocycles. The van der Waals surface area contributed by atoms with Gasteiger partial charge in [-0.2, -0.15) is 0 Å². The van der Waals surface area contributed by atoms with E-state index < -0.39 is 11.0 Å². The molecule has 2 rings (SSSR count). The van der Waals surface area contributed by atoms with Crippen LogP contribution >= 0.6 is 11.8 Å². The van der Waals surface area contributed by atoms with E-state index in [9.17, 15) is 14.9 Å². The Morgan fingerprint density at radius 2 is 1.88 bits per heavy atom. The number of hydrogen-bond acceptors (Lipinski definition) is 5. The summed E-state index contributed by atoms with van der Waals surface area (Å²) in [6.07, 6.45) is 2.02. The van der Waals surface area contributed by atoms with Crippen molar-refractivity contribution in [1.82, 2.24) is 4.90 Å². The van der Waals surface area contributed by atoms with E-state index in [4.69, 9.17) is 0 Å². The van der Waals surface area contributed by atoms with Crippen molar-refractivity contribution in [2.45, 2.75) is 24.4 Å². The predicted molar refractivity (Wildman–Crippen MR) is 101 cm³/mol. The smallest absolute Gasteiger partial charge is 0.292 e. The Morgan fingerprint density at radius 3 is 2.48 bits per heavy atom. The maximum Gasteiger partial charge on any atom is 0.292 e. The van der Waals surface area contributed by atoms with Gasteiger partial charge in [-0.05, 0) is 44.0 Å². The number of likely N-dealkylation sites (N-methyl/N-ethyl adjacent to an activating group) is 1. The van der Waals surface area contributed by atoms with Gasteiger partial charge in [-0.25, -0.2) is 0 Å². The molecule has 2 aromatic rings. The fourth-order valence-electron chi connectivity index (χ4n) is 2.33. The van der Waals surface area contributed by atoms with E-state index in [0.29, 0.717) is 6.54 Å². The Labute approximate surface area is 151 Å². The molecule has 25 heavy (non-hydrogen) atoms. The Hall–Kier alpha value is -2.38. The zero-order chi connectivity index (χ0) is 18.4. The number of nitrogens with one attached hydrogen (secondary N) is 1. The summed E-state index contributed by atoms with van der Waals surface area (Å²) < 4.78 is 0. The summed E-state index contributed by atoms with van der Waals surface area (Å²) in [7, 11) is 1.85. The second-order valence-corrected chi connectivity index (χ2v) is 6.58. The molecular formula is C18H21N3O3S. The summed E-state index contributed by atoms with van der Waals surface area (Å²) in [6, 6.07) is 13.9. The summed E-state index contributed by atoms with van der Waals surface area (Å²) in [5.74, 6) is -0.280. The van der Waals surface area contributed by atoms with Gasteiger partial charge in [-0.3, -0.25) is 19.8 Å². The van der Waals surface area contributed by atoms with Gasteiger partial charge in [0.1, 0.15) is 5.69 Å². The van der Waals surface area contributed by atoms with Crippen molar-refractivity contribution in [3.63, 3.8) is 0 Å². The van der Waals surface area contributed by atoms with E-state index in [1.54, 1.807) is 30.8 Å². The number of para-hydroxylation sites is 2. The Balaban J connectivity index is 2.02. The summed E-state index contributed by atoms with van der Waals surface area (Å²) >= 11 is 1.68. The van der Waals surface area contributed by atoms with Crippen LogP contribution in [0.15, 0.2) is 53.4 Å². The first-order valence-electron chi connectivity index (χ1n) is 7.80. The number of hydrogen-bond donors (Lipinski definition) is 1. The van der Waals surface area contributed by atoms with Crippen molar-refractivity contribution < 1.29 is 9.72 Å². The van der Waals surface area contributed by atoms with E-state index in [2.05, 4.69) is 5.32 Å². The van der Waals surface area contributed by atoms with Gasteiger partial charge in [0, 0.05) is 17.5 Å². The lowest BCUT2D eigenvalue weighted by molar-refractivity contribution is -0.383. The number of benzene rings is 2. The summed E-state index contributed by atoms with van der Waals surface area (Å²) in [5.41, 5.74) is 1.20. The number of carbonyl (C=O) groups excluding carboxylic acids is 1. The third kappa shape index (κ3) is 5.04. The van der Waals surface area contributed by atoms with Crippen LogP contribution in [-0.2, 0) is 11.3 Å². The molecular weight excluding hydrogens is 338 g/mol. The highest BCUT2D eigenvalue weighted by Gasteiger charge is 2.21. The molecule has 0 saturated carbocycles. The third-order valence-electron chi connectivity index (χ3n) is 3.99. The first-order valence-corrected chi connectivity index (χ1v) is 9.02. The van der Waals surface area contributed by atoms with E-state index in [1.807, 2.05) is 42.5 Å². The van der Waals surface area contributed by atoms with Crippen LogP contribution in [0.2, 0.25) is 0 Å². The average Bonchev–Trinajstić information content (AvgIpc) is 2.61. The summed E-state index contributed by atoms with van der Waals surface area (Å²) in [4.78, 5) is 26.1. The lowest BCUT2D eigenvalue weighted by Gasteiger charge is -2.24. The van der Waals surface area contributed by atoms with Crippen molar-refractivity contribution in [1.29, 1.82) is 0 Å². The molecule has 1 amide bonds. The van der Waals surface area contributed by atoms with E-state index >= 15 is 0 Å². The SMILES string of the molecule is CSc1ccc(CN(C)[C@H](C)C(=O)Nc2ccccc2[N+](=O)[O-])cc1. The fraction of sp³-hybridized carbons (Fsp3) is 0.278. The molecule has 0 heterocycles. The molecule has 1 atom stereocenters. The van der Waals surface area contributed by atoms with Crippen LogP contribution in [-0.4, -0.2) is 35.1 Å². The highest BCUT2D eigenvalue weighted by atomic mass is 32.2. The zero-order valence-corrected chi connectivity index (χ0v) is 15.2. The average molecular weight is 359 g/mol. The van der Waals surface area contributed by atoms with Gasteiger partial charge in [-0.15, -0.1) is 11.8 Å². The minimum absolute atomic E-state index is 0.113. The minimum Gasteiger partial charge on any atom is -0.319 e. The Kier molecular flexibility index (Phi) is 6.55. The van der Waals surface area contributed by atoms with E-state index in [1.165, 1.54) is 17.0 Å². The molecule has 0 unspecified atom stereocenters. The van der Waals surface area contributed by atoms with Crippen LogP contribution in [0.4, 0.5) is 11.4 Å². The van der Waals surface area contributed by atoms with Crippen molar-refractivity contribution >= 4 is 29.0 Å². The lowest BCUT2D eigenvalue weighted by atomic mass is 10.2. The normalized spacial score (nSPS) is 12.0. The van der Waals surface area contributed by atoms with Crippen LogP contribution in [0, 0.1) is 10.1 Å². The Morgan fingerprint density at radius 1 is 1.24 bits per heavy atom. The number of nitro groups is 1. The number of nitro benzene ring substituents is 1. The van der Waals surface area contributed by atoms with Gasteiger partial charge in [0.05, 0.1) is 11.0 Å². The van der Waals surface area contributed by atoms with Gasteiger partial charge >= 0.3 is 0 Å². The maximum absolute atomic E-state index is 12.4. The monoisotopic (exact) mass is 359 g/mol. The molecule has 1 N–H and O–H groups in total. The van der Waals surface area contributed by atoms with Gasteiger partial charge in [0.25, 0.3) is 5.69 Å². The van der Waals surface area contributed by atoms with Crippen LogP contribution in [0.25, 0.3) is 0 Å². The molecule has 0 radical (unpaired) electrons. The Bertz CT molecular complexity index is 749. The fourth-order valence-corrected chi connectivity index (χ4v) is 2.74. The lowest BCUT2D eigenvalue weighted by Crippen LogP contribution is -2.39. The maximum atomic E-state index is 12.4. The van der Waals surface area contributed by atoms with Gasteiger partial charge in [0.2, 0.25) is 5.91 Å². The molecule has 0 saturated heterocycles. The predicted octanol–water partition coefficient (Wildman–Crippen LogP) is 3.78. The van der Waals surface area contributed by atoms with Crippen molar-refractivity contribution in [3.05, 3.63) is 64.2 Å². The number of amides is 1. The number of carbonyl (C=O) groups is 1. The van der Waals surface area contributed by atoms with Gasteiger partial charge in [0.15, 0.2) is 0 Å².